The first kappa shape index (κ1) is 17.4. The second-order valence-corrected chi connectivity index (χ2v) is 6.89. The van der Waals surface area contributed by atoms with Gasteiger partial charge in [0.05, 0.1) is 6.20 Å². The van der Waals surface area contributed by atoms with Crippen LogP contribution < -0.4 is 0 Å². The van der Waals surface area contributed by atoms with Crippen LogP contribution in [0.5, 0.6) is 0 Å². The van der Waals surface area contributed by atoms with E-state index in [1.807, 2.05) is 20.8 Å². The third-order valence-corrected chi connectivity index (χ3v) is 3.78. The molecule has 2 heterocycles. The van der Waals surface area contributed by atoms with Gasteiger partial charge in [0, 0.05) is 31.4 Å². The van der Waals surface area contributed by atoms with Crippen molar-refractivity contribution in [1.29, 1.82) is 0 Å². The van der Waals surface area contributed by atoms with Crippen LogP contribution in [0.15, 0.2) is 18.6 Å². The molecular weight excluding hydrogens is 294 g/mol. The molecule has 0 saturated carbocycles. The molecule has 0 aromatic carbocycles. The molecule has 1 unspecified atom stereocenters. The Hall–Kier alpha value is -1.98. The number of carbonyl (C=O) groups excluding carboxylic acids is 2. The Morgan fingerprint density at radius 2 is 2.04 bits per heavy atom. The number of carbonyl (C=O) groups is 2. The Kier molecular flexibility index (Phi) is 5.69. The van der Waals surface area contributed by atoms with E-state index in [0.717, 1.165) is 25.7 Å². The fourth-order valence-corrected chi connectivity index (χ4v) is 2.71. The molecule has 6 nitrogen and oxygen atoms in total. The third-order valence-electron chi connectivity index (χ3n) is 3.78. The SMILES string of the molecule is CC(C)(C)OC(=O)N1CCCCCC1CC(=O)c1cnccn1. The number of hydrogen-bond acceptors (Lipinski definition) is 5. The van der Waals surface area contributed by atoms with Crippen LogP contribution in [0.2, 0.25) is 0 Å². The fraction of sp³-hybridized carbons (Fsp3) is 0.647. The first-order valence-corrected chi connectivity index (χ1v) is 8.15. The van der Waals surface area contributed by atoms with Gasteiger partial charge in [-0.1, -0.05) is 12.8 Å². The van der Waals surface area contributed by atoms with Crippen molar-refractivity contribution in [2.24, 2.45) is 0 Å². The lowest BCUT2D eigenvalue weighted by molar-refractivity contribution is 0.0162. The van der Waals surface area contributed by atoms with Crippen LogP contribution in [0.4, 0.5) is 4.79 Å². The summed E-state index contributed by atoms with van der Waals surface area (Å²) < 4.78 is 5.50. The molecule has 126 valence electrons. The van der Waals surface area contributed by atoms with Crippen LogP contribution >= 0.6 is 0 Å². The summed E-state index contributed by atoms with van der Waals surface area (Å²) in [5.41, 5.74) is -0.191. The first-order chi connectivity index (χ1) is 10.9. The number of hydrogen-bond donors (Lipinski definition) is 0. The molecule has 1 aromatic rings. The van der Waals surface area contributed by atoms with E-state index in [4.69, 9.17) is 4.74 Å². The number of ketones is 1. The van der Waals surface area contributed by atoms with Crippen molar-refractivity contribution in [3.63, 3.8) is 0 Å². The summed E-state index contributed by atoms with van der Waals surface area (Å²) in [6.07, 6.45) is 8.26. The van der Waals surface area contributed by atoms with Crippen molar-refractivity contribution in [3.8, 4) is 0 Å². The molecule has 1 aliphatic heterocycles. The molecule has 2 rings (SSSR count). The summed E-state index contributed by atoms with van der Waals surface area (Å²) in [5, 5.41) is 0. The Morgan fingerprint density at radius 1 is 1.26 bits per heavy atom. The molecule has 0 aliphatic carbocycles. The molecule has 1 saturated heterocycles. The van der Waals surface area contributed by atoms with E-state index in [9.17, 15) is 9.59 Å². The maximum atomic E-state index is 12.5. The van der Waals surface area contributed by atoms with Crippen molar-refractivity contribution in [1.82, 2.24) is 14.9 Å². The molecule has 0 bridgehead atoms. The molecule has 1 aliphatic rings. The van der Waals surface area contributed by atoms with E-state index in [1.165, 1.54) is 18.6 Å². The minimum atomic E-state index is -0.539. The highest BCUT2D eigenvalue weighted by molar-refractivity contribution is 5.94. The molecule has 0 N–H and O–H groups in total. The number of amides is 1. The fourth-order valence-electron chi connectivity index (χ4n) is 2.71. The Labute approximate surface area is 137 Å². The monoisotopic (exact) mass is 319 g/mol. The lowest BCUT2D eigenvalue weighted by atomic mass is 10.0. The second-order valence-electron chi connectivity index (χ2n) is 6.89. The summed E-state index contributed by atoms with van der Waals surface area (Å²) in [5.74, 6) is -0.0847. The number of rotatable bonds is 3. The van der Waals surface area contributed by atoms with Crippen molar-refractivity contribution in [3.05, 3.63) is 24.3 Å². The molecule has 23 heavy (non-hydrogen) atoms. The van der Waals surface area contributed by atoms with Crippen LogP contribution in [-0.4, -0.2) is 44.9 Å². The van der Waals surface area contributed by atoms with E-state index in [0.29, 0.717) is 12.2 Å². The van der Waals surface area contributed by atoms with E-state index in [1.54, 1.807) is 4.90 Å². The molecular formula is C17H25N3O3. The smallest absolute Gasteiger partial charge is 0.410 e. The molecule has 0 spiro atoms. The quantitative estimate of drug-likeness (QED) is 0.800. The Bertz CT molecular complexity index is 540. The van der Waals surface area contributed by atoms with Gasteiger partial charge < -0.3 is 9.64 Å². The van der Waals surface area contributed by atoms with Crippen LogP contribution in [-0.2, 0) is 4.74 Å². The summed E-state index contributed by atoms with van der Waals surface area (Å²) in [6, 6.07) is -0.137. The van der Waals surface area contributed by atoms with Gasteiger partial charge in [-0.25, -0.2) is 9.78 Å². The van der Waals surface area contributed by atoms with E-state index >= 15 is 0 Å². The van der Waals surface area contributed by atoms with Gasteiger partial charge in [0.2, 0.25) is 0 Å². The van der Waals surface area contributed by atoms with E-state index in [-0.39, 0.29) is 24.3 Å². The summed E-state index contributed by atoms with van der Waals surface area (Å²) >= 11 is 0. The maximum Gasteiger partial charge on any atom is 0.410 e. The minimum absolute atomic E-state index is 0.0847. The van der Waals surface area contributed by atoms with Crippen LogP contribution in [0.1, 0.15) is 63.4 Å². The van der Waals surface area contributed by atoms with E-state index < -0.39 is 5.60 Å². The zero-order valence-electron chi connectivity index (χ0n) is 14.1. The molecule has 6 heteroatoms. The van der Waals surface area contributed by atoms with Gasteiger partial charge >= 0.3 is 6.09 Å². The molecule has 1 aromatic heterocycles. The number of aromatic nitrogens is 2. The Morgan fingerprint density at radius 3 is 2.70 bits per heavy atom. The highest BCUT2D eigenvalue weighted by atomic mass is 16.6. The van der Waals surface area contributed by atoms with Crippen molar-refractivity contribution < 1.29 is 14.3 Å². The highest BCUT2D eigenvalue weighted by Gasteiger charge is 2.31. The van der Waals surface area contributed by atoms with Gasteiger partial charge in [-0.3, -0.25) is 9.78 Å². The maximum absolute atomic E-state index is 12.5. The van der Waals surface area contributed by atoms with Gasteiger partial charge in [-0.15, -0.1) is 0 Å². The predicted molar refractivity (Wildman–Crippen MR) is 86.2 cm³/mol. The number of ether oxygens (including phenoxy) is 1. The van der Waals surface area contributed by atoms with Crippen LogP contribution in [0.3, 0.4) is 0 Å². The summed E-state index contributed by atoms with van der Waals surface area (Å²) in [6.45, 7) is 6.18. The van der Waals surface area contributed by atoms with Crippen molar-refractivity contribution in [2.45, 2.75) is 64.5 Å². The van der Waals surface area contributed by atoms with Crippen molar-refractivity contribution in [2.75, 3.05) is 6.54 Å². The standard InChI is InChI=1S/C17H25N3O3/c1-17(2,3)23-16(22)20-10-6-4-5-7-13(20)11-15(21)14-12-18-8-9-19-14/h8-9,12-13H,4-7,10-11H2,1-3H3. The van der Waals surface area contributed by atoms with Crippen LogP contribution in [0.25, 0.3) is 0 Å². The normalized spacial score (nSPS) is 19.1. The van der Waals surface area contributed by atoms with Crippen LogP contribution in [0, 0.1) is 0 Å². The molecule has 1 atom stereocenters. The lowest BCUT2D eigenvalue weighted by Gasteiger charge is -2.32. The highest BCUT2D eigenvalue weighted by Crippen LogP contribution is 2.23. The lowest BCUT2D eigenvalue weighted by Crippen LogP contribution is -2.44. The minimum Gasteiger partial charge on any atom is -0.444 e. The zero-order valence-corrected chi connectivity index (χ0v) is 14.1. The number of Topliss-reactive ketones (excluding diaryl/α,β-unsaturated/α-hetero) is 1. The largest absolute Gasteiger partial charge is 0.444 e. The number of nitrogens with zero attached hydrogens (tertiary/aromatic N) is 3. The second kappa shape index (κ2) is 7.53. The van der Waals surface area contributed by atoms with Gasteiger partial charge in [0.25, 0.3) is 0 Å². The average Bonchev–Trinajstić information content (AvgIpc) is 2.72. The van der Waals surface area contributed by atoms with Crippen molar-refractivity contribution >= 4 is 11.9 Å². The summed E-state index contributed by atoms with van der Waals surface area (Å²) in [4.78, 5) is 34.6. The van der Waals surface area contributed by atoms with Gasteiger partial charge in [-0.05, 0) is 33.6 Å². The van der Waals surface area contributed by atoms with Gasteiger partial charge in [0.15, 0.2) is 5.78 Å². The van der Waals surface area contributed by atoms with E-state index in [2.05, 4.69) is 9.97 Å². The first-order valence-electron chi connectivity index (χ1n) is 8.15. The topological polar surface area (TPSA) is 72.4 Å². The zero-order chi connectivity index (χ0) is 16.9. The van der Waals surface area contributed by atoms with Gasteiger partial charge in [0.1, 0.15) is 11.3 Å². The summed E-state index contributed by atoms with van der Waals surface area (Å²) in [7, 11) is 0. The third kappa shape index (κ3) is 5.30. The average molecular weight is 319 g/mol. The molecule has 1 fully saturated rings. The molecule has 1 amide bonds. The predicted octanol–water partition coefficient (Wildman–Crippen LogP) is 3.23. The number of likely N-dealkylation sites (tertiary alicyclic amines) is 1. The van der Waals surface area contributed by atoms with Gasteiger partial charge in [-0.2, -0.15) is 0 Å². The Balaban J connectivity index is 2.09. The molecule has 0 radical (unpaired) electrons.